The fourth-order valence-corrected chi connectivity index (χ4v) is 9.17. The van der Waals surface area contributed by atoms with Gasteiger partial charge in [0.15, 0.2) is 0 Å². The van der Waals surface area contributed by atoms with Gasteiger partial charge >= 0.3 is 0 Å². The van der Waals surface area contributed by atoms with Crippen molar-refractivity contribution in [3.63, 3.8) is 0 Å². The molecule has 1 atom stereocenters. The Morgan fingerprint density at radius 3 is 2.36 bits per heavy atom. The first-order valence-corrected chi connectivity index (χ1v) is 20.7. The number of nitrogens with zero attached hydrogens (tertiary/aromatic N) is 9. The van der Waals surface area contributed by atoms with Gasteiger partial charge in [-0.1, -0.05) is 11.6 Å². The van der Waals surface area contributed by atoms with Crippen molar-refractivity contribution in [1.82, 2.24) is 35.0 Å². The number of nitrogens with one attached hydrogen (secondary N) is 2. The van der Waals surface area contributed by atoms with E-state index in [9.17, 15) is 29.2 Å². The Bertz CT molecular complexity index is 2500. The lowest BCUT2D eigenvalue weighted by Gasteiger charge is -2.39. The fourth-order valence-electron chi connectivity index (χ4n) is 8.95. The first-order chi connectivity index (χ1) is 29.5. The van der Waals surface area contributed by atoms with Crippen LogP contribution in [0.1, 0.15) is 73.6 Å². The van der Waals surface area contributed by atoms with E-state index in [-0.39, 0.29) is 35.6 Å². The van der Waals surface area contributed by atoms with Crippen LogP contribution >= 0.6 is 11.6 Å². The number of hydrogen-bond acceptors (Lipinski definition) is 13. The van der Waals surface area contributed by atoms with Gasteiger partial charge in [-0.15, -0.1) is 0 Å². The highest BCUT2D eigenvalue weighted by Gasteiger charge is 2.45. The molecule has 61 heavy (non-hydrogen) atoms. The molecule has 1 unspecified atom stereocenters. The quantitative estimate of drug-likeness (QED) is 0.243. The lowest BCUT2D eigenvalue weighted by atomic mass is 9.95. The van der Waals surface area contributed by atoms with Gasteiger partial charge < -0.3 is 20.0 Å². The molecule has 16 nitrogen and oxygen atoms in total. The van der Waals surface area contributed by atoms with E-state index in [1.54, 1.807) is 30.5 Å². The van der Waals surface area contributed by atoms with Gasteiger partial charge in [0.2, 0.25) is 11.8 Å². The van der Waals surface area contributed by atoms with E-state index in [1.807, 2.05) is 15.9 Å². The maximum absolute atomic E-state index is 15.5. The normalized spacial score (nSPS) is 19.7. The molecule has 3 saturated heterocycles. The largest absolute Gasteiger partial charge is 0.367 e. The Kier molecular flexibility index (Phi) is 10.8. The minimum atomic E-state index is -1.11. The number of pyridine rings is 1. The van der Waals surface area contributed by atoms with Crippen molar-refractivity contribution < 1.29 is 28.4 Å². The molecule has 0 aliphatic carbocycles. The van der Waals surface area contributed by atoms with Crippen LogP contribution in [-0.2, 0) is 22.6 Å². The van der Waals surface area contributed by atoms with Crippen LogP contribution in [0.25, 0.3) is 0 Å². The van der Waals surface area contributed by atoms with Crippen molar-refractivity contribution in [3.8, 4) is 6.07 Å². The summed E-state index contributed by atoms with van der Waals surface area (Å²) < 4.78 is 15.5. The SMILES string of the molecule is N#Cc1ccc(N2CCc3c(ncnc3Nc3ccc(C(=O)N4CCC(CN5CCN(c6cc7c(cc6F)C(=O)N(C6CCC(=O)NC6=O)C7=O)CC5)CC4)cn3)C2)cc1Cl. The van der Waals surface area contributed by atoms with Crippen LogP contribution < -0.4 is 20.4 Å². The highest BCUT2D eigenvalue weighted by molar-refractivity contribution is 6.32. The molecule has 3 fully saturated rings. The third-order valence-electron chi connectivity index (χ3n) is 12.3. The molecule has 0 radical (unpaired) electrons. The summed E-state index contributed by atoms with van der Waals surface area (Å²) in [5, 5.41) is 15.1. The van der Waals surface area contributed by atoms with Gasteiger partial charge in [0.05, 0.1) is 45.2 Å². The van der Waals surface area contributed by atoms with Crippen molar-refractivity contribution in [3.05, 3.63) is 99.3 Å². The Hall–Kier alpha value is -6.51. The van der Waals surface area contributed by atoms with Crippen molar-refractivity contribution in [2.45, 2.75) is 44.7 Å². The zero-order valence-electron chi connectivity index (χ0n) is 33.1. The van der Waals surface area contributed by atoms with Gasteiger partial charge in [-0.25, -0.2) is 19.3 Å². The van der Waals surface area contributed by atoms with Crippen LogP contribution in [0.15, 0.2) is 55.0 Å². The number of hydrogen-bond donors (Lipinski definition) is 2. The molecular formula is C43H41ClFN11O5. The third-order valence-corrected chi connectivity index (χ3v) is 12.7. The summed E-state index contributed by atoms with van der Waals surface area (Å²) in [7, 11) is 0. The second-order valence-electron chi connectivity index (χ2n) is 16.0. The first-order valence-electron chi connectivity index (χ1n) is 20.4. The Morgan fingerprint density at radius 1 is 0.885 bits per heavy atom. The predicted molar refractivity (Wildman–Crippen MR) is 221 cm³/mol. The zero-order valence-corrected chi connectivity index (χ0v) is 33.8. The summed E-state index contributed by atoms with van der Waals surface area (Å²) in [4.78, 5) is 86.6. The number of carbonyl (C=O) groups excluding carboxylic acids is 5. The average Bonchev–Trinajstić information content (AvgIpc) is 3.50. The molecule has 5 aliphatic heterocycles. The fraction of sp³-hybridized carbons (Fsp3) is 0.372. The average molecular weight is 846 g/mol. The van der Waals surface area contributed by atoms with Gasteiger partial charge in [-0.05, 0) is 74.1 Å². The molecule has 0 saturated carbocycles. The number of amides is 5. The van der Waals surface area contributed by atoms with Gasteiger partial charge in [0.1, 0.15) is 35.9 Å². The van der Waals surface area contributed by atoms with E-state index in [2.05, 4.69) is 41.5 Å². The van der Waals surface area contributed by atoms with Gasteiger partial charge in [-0.2, -0.15) is 5.26 Å². The monoisotopic (exact) mass is 845 g/mol. The van der Waals surface area contributed by atoms with Gasteiger partial charge in [-0.3, -0.25) is 39.1 Å². The zero-order chi connectivity index (χ0) is 42.4. The molecule has 312 valence electrons. The number of benzene rings is 2. The van der Waals surface area contributed by atoms with Crippen LogP contribution in [0.4, 0.5) is 27.4 Å². The molecule has 0 bridgehead atoms. The molecule has 4 aromatic rings. The van der Waals surface area contributed by atoms with E-state index in [4.69, 9.17) is 11.6 Å². The number of nitriles is 1. The number of carbonyl (C=O) groups is 5. The summed E-state index contributed by atoms with van der Waals surface area (Å²) >= 11 is 6.29. The summed E-state index contributed by atoms with van der Waals surface area (Å²) in [6, 6.07) is 12.4. The number of imide groups is 2. The predicted octanol–water partition coefficient (Wildman–Crippen LogP) is 3.92. The van der Waals surface area contributed by atoms with Crippen LogP contribution in [0.2, 0.25) is 5.02 Å². The number of piperidine rings is 2. The highest BCUT2D eigenvalue weighted by atomic mass is 35.5. The summed E-state index contributed by atoms with van der Waals surface area (Å²) in [6.07, 6.45) is 5.55. The molecule has 0 spiro atoms. The Morgan fingerprint density at radius 2 is 1.66 bits per heavy atom. The van der Waals surface area contributed by atoms with E-state index in [0.29, 0.717) is 92.5 Å². The molecule has 2 aromatic heterocycles. The van der Waals surface area contributed by atoms with Crippen LogP contribution in [0.3, 0.4) is 0 Å². The smallest absolute Gasteiger partial charge is 0.262 e. The third kappa shape index (κ3) is 7.84. The number of piperazine rings is 1. The van der Waals surface area contributed by atoms with Crippen molar-refractivity contribution in [1.29, 1.82) is 5.26 Å². The number of rotatable bonds is 8. The molecule has 2 aromatic carbocycles. The maximum Gasteiger partial charge on any atom is 0.262 e. The Labute approximate surface area is 355 Å². The molecule has 9 rings (SSSR count). The van der Waals surface area contributed by atoms with Crippen LogP contribution in [-0.4, -0.2) is 118 Å². The standard InChI is InChI=1S/C43H41ClFN11O5/c44-32-17-28(3-1-26(32)20-46)55-12-9-29-34(23-55)48-24-49-39(29)50-37-5-2-27(21-47-37)41(59)54-10-7-25(8-11-54)22-52-13-15-53(16-14-52)36-19-31-30(18-33(36)45)42(60)56(43(31)61)35-4-6-38(57)51-40(35)58/h1-3,5,17-19,21,24-25,35H,4,6-16,22-23H2,(H,51,57,58)(H,47,48,49,50). The maximum atomic E-state index is 15.5. The highest BCUT2D eigenvalue weighted by Crippen LogP contribution is 2.34. The molecule has 7 heterocycles. The molecule has 2 N–H and O–H groups in total. The molecule has 5 amide bonds. The molecule has 5 aliphatic rings. The second kappa shape index (κ2) is 16.5. The van der Waals surface area contributed by atoms with E-state index in [1.165, 1.54) is 12.4 Å². The lowest BCUT2D eigenvalue weighted by molar-refractivity contribution is -0.136. The van der Waals surface area contributed by atoms with Gasteiger partial charge in [0.25, 0.3) is 17.7 Å². The number of likely N-dealkylation sites (tertiary alicyclic amines) is 1. The van der Waals surface area contributed by atoms with Crippen LogP contribution in [0.5, 0.6) is 0 Å². The van der Waals surface area contributed by atoms with Crippen LogP contribution in [0, 0.1) is 23.1 Å². The van der Waals surface area contributed by atoms with Crippen molar-refractivity contribution in [2.75, 3.05) is 67.5 Å². The first kappa shape index (κ1) is 39.9. The van der Waals surface area contributed by atoms with Gasteiger partial charge in [0, 0.05) is 76.2 Å². The number of aromatic nitrogens is 3. The summed E-state index contributed by atoms with van der Waals surface area (Å²) in [6.45, 7) is 5.81. The topological polar surface area (TPSA) is 188 Å². The summed E-state index contributed by atoms with van der Waals surface area (Å²) in [5.41, 5.74) is 3.96. The number of halogens is 2. The van der Waals surface area contributed by atoms with E-state index in [0.717, 1.165) is 47.3 Å². The van der Waals surface area contributed by atoms with Crippen molar-refractivity contribution >= 4 is 64.1 Å². The van der Waals surface area contributed by atoms with E-state index >= 15 is 4.39 Å². The molecule has 18 heteroatoms. The minimum Gasteiger partial charge on any atom is -0.367 e. The second-order valence-corrected chi connectivity index (χ2v) is 16.4. The summed E-state index contributed by atoms with van der Waals surface area (Å²) in [5.74, 6) is -1.61. The Balaban J connectivity index is 0.745. The number of anilines is 4. The van der Waals surface area contributed by atoms with Crippen molar-refractivity contribution in [2.24, 2.45) is 5.92 Å². The number of fused-ring (bicyclic) bond motifs is 2. The lowest BCUT2D eigenvalue weighted by Crippen LogP contribution is -2.54. The minimum absolute atomic E-state index is 0.00678. The molecular weight excluding hydrogens is 805 g/mol. The van der Waals surface area contributed by atoms with E-state index < -0.39 is 35.5 Å².